The number of aryl methyl sites for hydroxylation is 1. The molecule has 0 fully saturated rings. The van der Waals surface area contributed by atoms with Crippen LogP contribution in [-0.2, 0) is 6.42 Å². The molecule has 0 radical (unpaired) electrons. The fourth-order valence-corrected chi connectivity index (χ4v) is 4.12. The maximum absolute atomic E-state index is 12.1. The lowest BCUT2D eigenvalue weighted by Gasteiger charge is -2.15. The minimum atomic E-state index is 0.0381. The van der Waals surface area contributed by atoms with E-state index < -0.39 is 0 Å². The molecule has 1 amide bonds. The van der Waals surface area contributed by atoms with Gasteiger partial charge in [-0.15, -0.1) is 0 Å². The molecule has 2 aromatic rings. The van der Waals surface area contributed by atoms with Crippen molar-refractivity contribution in [2.24, 2.45) is 0 Å². The lowest BCUT2D eigenvalue weighted by Crippen LogP contribution is -2.22. The largest absolute Gasteiger partial charge is 0.352 e. The molecule has 21 heavy (non-hydrogen) atoms. The summed E-state index contributed by atoms with van der Waals surface area (Å²) >= 11 is 7.33. The molecule has 2 nitrogen and oxygen atoms in total. The average Bonchev–Trinajstić information content (AvgIpc) is 2.69. The number of carbonyl (C=O) groups is 1. The summed E-state index contributed by atoms with van der Waals surface area (Å²) in [6.07, 6.45) is 1.95. The highest BCUT2D eigenvalue weighted by Gasteiger charge is 2.19. The van der Waals surface area contributed by atoms with Crippen LogP contribution < -0.4 is 5.32 Å². The third-order valence-corrected chi connectivity index (χ3v) is 5.50. The second-order valence-corrected chi connectivity index (χ2v) is 6.93. The maximum atomic E-state index is 12.1. The number of carbonyl (C=O) groups excluding carboxylic acids is 1. The zero-order chi connectivity index (χ0) is 14.8. The summed E-state index contributed by atoms with van der Waals surface area (Å²) in [5.74, 6) is 0.0381. The molecule has 3 rings (SSSR count). The van der Waals surface area contributed by atoms with Crippen LogP contribution in [0.1, 0.15) is 38.3 Å². The molecule has 0 saturated carbocycles. The predicted molar refractivity (Wildman–Crippen MR) is 92.0 cm³/mol. The molecule has 4 heteroatoms. The van der Waals surface area contributed by atoms with Gasteiger partial charge < -0.3 is 5.32 Å². The summed E-state index contributed by atoms with van der Waals surface area (Å²) in [6, 6.07) is 14.3. The van der Waals surface area contributed by atoms with Crippen molar-refractivity contribution in [3.63, 3.8) is 0 Å². The number of rotatable bonds is 2. The summed E-state index contributed by atoms with van der Waals surface area (Å²) in [4.78, 5) is 12.2. The second-order valence-electron chi connectivity index (χ2n) is 5.16. The SMILES string of the molecule is O=C1NCCCc2ccc(C(Br)c3ccccc3Br)cc21. The number of benzene rings is 2. The highest BCUT2D eigenvalue weighted by Crippen LogP contribution is 2.36. The standard InChI is InChI=1S/C17H15Br2NO/c18-15-6-2-1-5-13(15)16(19)12-8-7-11-4-3-9-20-17(21)14(11)10-12/h1-2,5-8,10,16H,3-4,9H2,(H,20,21). The number of nitrogens with one attached hydrogen (secondary N) is 1. The molecule has 1 aliphatic heterocycles. The van der Waals surface area contributed by atoms with Crippen LogP contribution in [0.3, 0.4) is 0 Å². The normalized spacial score (nSPS) is 15.8. The van der Waals surface area contributed by atoms with Gasteiger partial charge in [0.25, 0.3) is 5.91 Å². The highest BCUT2D eigenvalue weighted by atomic mass is 79.9. The van der Waals surface area contributed by atoms with Crippen molar-refractivity contribution in [2.45, 2.75) is 17.7 Å². The summed E-state index contributed by atoms with van der Waals surface area (Å²) in [7, 11) is 0. The first-order chi connectivity index (χ1) is 10.2. The monoisotopic (exact) mass is 407 g/mol. The molecule has 0 spiro atoms. The van der Waals surface area contributed by atoms with Crippen LogP contribution in [0.25, 0.3) is 0 Å². The van der Waals surface area contributed by atoms with Gasteiger partial charge in [-0.1, -0.05) is 62.2 Å². The molecule has 0 saturated heterocycles. The van der Waals surface area contributed by atoms with E-state index in [1.807, 2.05) is 24.3 Å². The van der Waals surface area contributed by atoms with Crippen LogP contribution in [0, 0.1) is 0 Å². The third-order valence-electron chi connectivity index (χ3n) is 3.76. The van der Waals surface area contributed by atoms with E-state index in [0.717, 1.165) is 46.1 Å². The van der Waals surface area contributed by atoms with Crippen LogP contribution >= 0.6 is 31.9 Å². The zero-order valence-corrected chi connectivity index (χ0v) is 14.6. The summed E-state index contributed by atoms with van der Waals surface area (Å²) in [5.41, 5.74) is 4.20. The van der Waals surface area contributed by atoms with E-state index in [1.54, 1.807) is 0 Å². The number of alkyl halides is 1. The van der Waals surface area contributed by atoms with Crippen molar-refractivity contribution in [3.05, 3.63) is 69.2 Å². The van der Waals surface area contributed by atoms with Crippen LogP contribution in [0.5, 0.6) is 0 Å². The van der Waals surface area contributed by atoms with Gasteiger partial charge in [-0.25, -0.2) is 0 Å². The molecular weight excluding hydrogens is 394 g/mol. The number of hydrogen-bond acceptors (Lipinski definition) is 1. The smallest absolute Gasteiger partial charge is 0.251 e. The van der Waals surface area contributed by atoms with Crippen molar-refractivity contribution >= 4 is 37.8 Å². The molecule has 1 unspecified atom stereocenters. The Morgan fingerprint density at radius 2 is 1.95 bits per heavy atom. The molecule has 0 aliphatic carbocycles. The molecule has 1 aliphatic rings. The molecular formula is C17H15Br2NO. The van der Waals surface area contributed by atoms with Crippen LogP contribution in [0.15, 0.2) is 46.9 Å². The molecule has 108 valence electrons. The molecule has 1 atom stereocenters. The Bertz CT molecular complexity index is 684. The Hall–Kier alpha value is -1.13. The lowest BCUT2D eigenvalue weighted by atomic mass is 9.97. The second kappa shape index (κ2) is 6.32. The lowest BCUT2D eigenvalue weighted by molar-refractivity contribution is 0.0956. The van der Waals surface area contributed by atoms with Gasteiger partial charge in [0.2, 0.25) is 0 Å². The highest BCUT2D eigenvalue weighted by molar-refractivity contribution is 9.11. The number of fused-ring (bicyclic) bond motifs is 1. The van der Waals surface area contributed by atoms with Gasteiger partial charge in [0.1, 0.15) is 0 Å². The van der Waals surface area contributed by atoms with E-state index in [4.69, 9.17) is 0 Å². The average molecular weight is 409 g/mol. The molecule has 2 aromatic carbocycles. The van der Waals surface area contributed by atoms with Crippen molar-refractivity contribution in [1.82, 2.24) is 5.32 Å². The minimum absolute atomic E-state index is 0.0381. The first-order valence-corrected chi connectivity index (χ1v) is 8.67. The summed E-state index contributed by atoms with van der Waals surface area (Å²) in [6.45, 7) is 0.755. The van der Waals surface area contributed by atoms with Gasteiger partial charge in [0, 0.05) is 16.6 Å². The van der Waals surface area contributed by atoms with E-state index in [9.17, 15) is 4.79 Å². The van der Waals surface area contributed by atoms with E-state index in [0.29, 0.717) is 0 Å². The predicted octanol–water partition coefficient (Wildman–Crippen LogP) is 4.61. The van der Waals surface area contributed by atoms with E-state index in [1.165, 1.54) is 0 Å². The van der Waals surface area contributed by atoms with Gasteiger partial charge in [-0.3, -0.25) is 4.79 Å². The Kier molecular flexibility index (Phi) is 4.45. The Morgan fingerprint density at radius 3 is 2.76 bits per heavy atom. The van der Waals surface area contributed by atoms with Crippen LogP contribution in [0.2, 0.25) is 0 Å². The van der Waals surface area contributed by atoms with E-state index in [-0.39, 0.29) is 10.7 Å². The Morgan fingerprint density at radius 1 is 1.14 bits per heavy atom. The zero-order valence-electron chi connectivity index (χ0n) is 11.4. The summed E-state index contributed by atoms with van der Waals surface area (Å²) in [5, 5.41) is 2.95. The topological polar surface area (TPSA) is 29.1 Å². The molecule has 1 heterocycles. The Labute approximate surface area is 141 Å². The van der Waals surface area contributed by atoms with Crippen molar-refractivity contribution in [1.29, 1.82) is 0 Å². The molecule has 0 aromatic heterocycles. The van der Waals surface area contributed by atoms with Gasteiger partial charge in [-0.05, 0) is 41.7 Å². The summed E-state index contributed by atoms with van der Waals surface area (Å²) < 4.78 is 1.06. The van der Waals surface area contributed by atoms with Crippen molar-refractivity contribution < 1.29 is 4.79 Å². The van der Waals surface area contributed by atoms with Crippen LogP contribution in [-0.4, -0.2) is 12.5 Å². The van der Waals surface area contributed by atoms with E-state index >= 15 is 0 Å². The van der Waals surface area contributed by atoms with E-state index in [2.05, 4.69) is 55.4 Å². The minimum Gasteiger partial charge on any atom is -0.352 e. The van der Waals surface area contributed by atoms with Crippen molar-refractivity contribution in [2.75, 3.05) is 6.54 Å². The number of halogens is 2. The molecule has 1 N–H and O–H groups in total. The quantitative estimate of drug-likeness (QED) is 0.722. The van der Waals surface area contributed by atoms with Gasteiger partial charge in [0.15, 0.2) is 0 Å². The maximum Gasteiger partial charge on any atom is 0.251 e. The molecule has 0 bridgehead atoms. The first-order valence-electron chi connectivity index (χ1n) is 6.96. The number of hydrogen-bond donors (Lipinski definition) is 1. The first kappa shape index (κ1) is 14.8. The number of amides is 1. The van der Waals surface area contributed by atoms with Gasteiger partial charge in [-0.2, -0.15) is 0 Å². The fourth-order valence-electron chi connectivity index (χ4n) is 2.62. The fraction of sp³-hybridized carbons (Fsp3) is 0.235. The van der Waals surface area contributed by atoms with Crippen LogP contribution in [0.4, 0.5) is 0 Å². The van der Waals surface area contributed by atoms with Gasteiger partial charge >= 0.3 is 0 Å². The van der Waals surface area contributed by atoms with Gasteiger partial charge in [0.05, 0.1) is 4.83 Å². The van der Waals surface area contributed by atoms with Crippen molar-refractivity contribution in [3.8, 4) is 0 Å². The Balaban J connectivity index is 2.00. The third kappa shape index (κ3) is 3.06.